The number of carbonyl (C=O) groups is 2. The molecule has 1 aromatic rings. The van der Waals surface area contributed by atoms with Crippen molar-refractivity contribution >= 4 is 23.2 Å². The third-order valence-electron chi connectivity index (χ3n) is 4.10. The maximum absolute atomic E-state index is 12.6. The van der Waals surface area contributed by atoms with Gasteiger partial charge >= 0.3 is 5.97 Å². The Morgan fingerprint density at radius 1 is 1.57 bits per heavy atom. The minimum absolute atomic E-state index is 0.00104. The van der Waals surface area contributed by atoms with Gasteiger partial charge in [0, 0.05) is 25.1 Å². The number of piperidine rings is 1. The summed E-state index contributed by atoms with van der Waals surface area (Å²) in [6, 6.07) is 3.86. The number of thiophene rings is 1. The summed E-state index contributed by atoms with van der Waals surface area (Å²) in [6.45, 7) is 2.86. The zero-order valence-corrected chi connectivity index (χ0v) is 13.2. The van der Waals surface area contributed by atoms with E-state index in [9.17, 15) is 14.7 Å². The summed E-state index contributed by atoms with van der Waals surface area (Å²) >= 11 is 1.55. The zero-order valence-electron chi connectivity index (χ0n) is 12.4. The van der Waals surface area contributed by atoms with E-state index in [0.717, 1.165) is 4.88 Å². The van der Waals surface area contributed by atoms with E-state index < -0.39 is 11.4 Å². The lowest BCUT2D eigenvalue weighted by Crippen LogP contribution is -2.52. The molecule has 1 saturated heterocycles. The Kier molecular flexibility index (Phi) is 5.00. The van der Waals surface area contributed by atoms with Gasteiger partial charge in [-0.15, -0.1) is 11.3 Å². The van der Waals surface area contributed by atoms with Crippen LogP contribution in [0.2, 0.25) is 0 Å². The van der Waals surface area contributed by atoms with Gasteiger partial charge in [-0.1, -0.05) is 6.07 Å². The van der Waals surface area contributed by atoms with Crippen molar-refractivity contribution in [2.75, 3.05) is 26.8 Å². The van der Waals surface area contributed by atoms with Crippen LogP contribution in [0.3, 0.4) is 0 Å². The van der Waals surface area contributed by atoms with Gasteiger partial charge in [0.15, 0.2) is 0 Å². The third-order valence-corrected chi connectivity index (χ3v) is 5.16. The van der Waals surface area contributed by atoms with Crippen LogP contribution in [0, 0.1) is 5.41 Å². The highest BCUT2D eigenvalue weighted by Gasteiger charge is 2.44. The number of nitrogens with zero attached hydrogens (tertiary/aromatic N) is 1. The lowest BCUT2D eigenvalue weighted by Gasteiger charge is -2.40. The summed E-state index contributed by atoms with van der Waals surface area (Å²) < 4.78 is 5.09. The second-order valence-corrected chi connectivity index (χ2v) is 6.60. The molecule has 2 atom stereocenters. The van der Waals surface area contributed by atoms with Gasteiger partial charge < -0.3 is 14.7 Å². The van der Waals surface area contributed by atoms with Crippen LogP contribution in [-0.2, 0) is 14.3 Å². The van der Waals surface area contributed by atoms with Crippen molar-refractivity contribution < 1.29 is 19.4 Å². The highest BCUT2D eigenvalue weighted by atomic mass is 32.1. The molecule has 1 N–H and O–H groups in total. The maximum atomic E-state index is 12.6. The first kappa shape index (κ1) is 16.0. The van der Waals surface area contributed by atoms with E-state index in [0.29, 0.717) is 19.4 Å². The topological polar surface area (TPSA) is 66.8 Å². The number of methoxy groups -OCH3 is 1. The number of rotatable bonds is 5. The highest BCUT2D eigenvalue weighted by molar-refractivity contribution is 7.10. The smallest absolute Gasteiger partial charge is 0.313 e. The molecule has 116 valence electrons. The first-order chi connectivity index (χ1) is 10.00. The van der Waals surface area contributed by atoms with Gasteiger partial charge in [0.25, 0.3) is 0 Å². The van der Waals surface area contributed by atoms with E-state index in [1.54, 1.807) is 16.2 Å². The van der Waals surface area contributed by atoms with Crippen LogP contribution in [0.4, 0.5) is 0 Å². The van der Waals surface area contributed by atoms with E-state index in [2.05, 4.69) is 0 Å². The van der Waals surface area contributed by atoms with Gasteiger partial charge in [0.1, 0.15) is 5.41 Å². The van der Waals surface area contributed by atoms with Crippen LogP contribution in [-0.4, -0.2) is 48.7 Å². The summed E-state index contributed by atoms with van der Waals surface area (Å²) in [5.41, 5.74) is -0.974. The number of ether oxygens (including phenoxy) is 1. The Morgan fingerprint density at radius 3 is 2.90 bits per heavy atom. The van der Waals surface area contributed by atoms with E-state index in [4.69, 9.17) is 4.74 Å². The van der Waals surface area contributed by atoms with Gasteiger partial charge in [-0.2, -0.15) is 0 Å². The van der Waals surface area contributed by atoms with Crippen molar-refractivity contribution in [2.24, 2.45) is 5.41 Å². The molecule has 0 saturated carbocycles. The number of amides is 1. The molecule has 0 aromatic carbocycles. The van der Waals surface area contributed by atoms with E-state index in [1.165, 1.54) is 7.11 Å². The fourth-order valence-corrected chi connectivity index (χ4v) is 3.66. The molecule has 1 aliphatic heterocycles. The number of carboxylic acid groups (broad SMARTS) is 1. The van der Waals surface area contributed by atoms with E-state index in [1.807, 2.05) is 24.4 Å². The molecule has 5 nitrogen and oxygen atoms in total. The van der Waals surface area contributed by atoms with Crippen molar-refractivity contribution in [1.29, 1.82) is 0 Å². The fraction of sp³-hybridized carbons (Fsp3) is 0.600. The molecule has 1 fully saturated rings. The number of aliphatic carboxylic acids is 1. The molecular weight excluding hydrogens is 290 g/mol. The van der Waals surface area contributed by atoms with Crippen LogP contribution < -0.4 is 0 Å². The first-order valence-corrected chi connectivity index (χ1v) is 7.93. The molecule has 0 bridgehead atoms. The second-order valence-electron chi connectivity index (χ2n) is 5.62. The predicted molar refractivity (Wildman–Crippen MR) is 80.5 cm³/mol. The predicted octanol–water partition coefficient (Wildman–Crippen LogP) is 2.19. The Bertz CT molecular complexity index is 498. The summed E-state index contributed by atoms with van der Waals surface area (Å²) in [5.74, 6) is -1.11. The van der Waals surface area contributed by atoms with E-state index >= 15 is 0 Å². The third kappa shape index (κ3) is 3.27. The molecule has 1 aromatic heterocycles. The standard InChI is InChI=1S/C15H21NO4S/c1-11(12-5-3-8-21-12)13(17)16-7-4-6-15(9-16,10-20-2)14(18)19/h3,5,8,11H,4,6-7,9-10H2,1-2H3,(H,18,19). The van der Waals surface area contributed by atoms with Crippen LogP contribution in [0.25, 0.3) is 0 Å². The molecule has 1 amide bonds. The molecule has 2 unspecified atom stereocenters. The maximum Gasteiger partial charge on any atom is 0.313 e. The molecule has 0 radical (unpaired) electrons. The van der Waals surface area contributed by atoms with Crippen LogP contribution in [0.15, 0.2) is 17.5 Å². The van der Waals surface area contributed by atoms with E-state index in [-0.39, 0.29) is 25.0 Å². The Hall–Kier alpha value is -1.40. The van der Waals surface area contributed by atoms with Gasteiger partial charge in [-0.05, 0) is 31.2 Å². The molecular formula is C15H21NO4S. The SMILES string of the molecule is COCC1(C(=O)O)CCCN(C(=O)C(C)c2cccs2)C1. The molecule has 0 spiro atoms. The summed E-state index contributed by atoms with van der Waals surface area (Å²) in [4.78, 5) is 26.9. The average molecular weight is 311 g/mol. The second kappa shape index (κ2) is 6.58. The minimum Gasteiger partial charge on any atom is -0.481 e. The van der Waals surface area contributed by atoms with Crippen LogP contribution in [0.1, 0.15) is 30.6 Å². The van der Waals surface area contributed by atoms with Crippen molar-refractivity contribution in [1.82, 2.24) is 4.90 Å². The Balaban J connectivity index is 2.13. The monoisotopic (exact) mass is 311 g/mol. The molecule has 2 rings (SSSR count). The molecule has 1 aliphatic rings. The van der Waals surface area contributed by atoms with Crippen molar-refractivity contribution in [3.63, 3.8) is 0 Å². The van der Waals surface area contributed by atoms with Crippen molar-refractivity contribution in [3.8, 4) is 0 Å². The molecule has 2 heterocycles. The largest absolute Gasteiger partial charge is 0.481 e. The number of likely N-dealkylation sites (tertiary alicyclic amines) is 1. The number of hydrogen-bond acceptors (Lipinski definition) is 4. The zero-order chi connectivity index (χ0) is 15.5. The lowest BCUT2D eigenvalue weighted by molar-refractivity contribution is -0.159. The molecule has 6 heteroatoms. The van der Waals surface area contributed by atoms with Gasteiger partial charge in [-0.3, -0.25) is 9.59 Å². The van der Waals surface area contributed by atoms with Gasteiger partial charge in [0.2, 0.25) is 5.91 Å². The Labute approximate surface area is 128 Å². The lowest BCUT2D eigenvalue weighted by atomic mass is 9.80. The normalized spacial score (nSPS) is 23.8. The number of carbonyl (C=O) groups excluding carboxylic acids is 1. The highest BCUT2D eigenvalue weighted by Crippen LogP contribution is 2.33. The summed E-state index contributed by atoms with van der Waals surface area (Å²) in [7, 11) is 1.50. The molecule has 21 heavy (non-hydrogen) atoms. The van der Waals surface area contributed by atoms with Gasteiger partial charge in [-0.25, -0.2) is 0 Å². The van der Waals surface area contributed by atoms with Crippen molar-refractivity contribution in [3.05, 3.63) is 22.4 Å². The van der Waals surface area contributed by atoms with Gasteiger partial charge in [0.05, 0.1) is 12.5 Å². The number of carboxylic acids is 1. The molecule has 0 aliphatic carbocycles. The average Bonchev–Trinajstić information content (AvgIpc) is 3.00. The summed E-state index contributed by atoms with van der Waals surface area (Å²) in [6.07, 6.45) is 1.24. The summed E-state index contributed by atoms with van der Waals surface area (Å²) in [5, 5.41) is 11.5. The Morgan fingerprint density at radius 2 is 2.33 bits per heavy atom. The van der Waals surface area contributed by atoms with Crippen molar-refractivity contribution in [2.45, 2.75) is 25.7 Å². The minimum atomic E-state index is -0.974. The van der Waals surface area contributed by atoms with Crippen LogP contribution >= 0.6 is 11.3 Å². The first-order valence-electron chi connectivity index (χ1n) is 7.05. The quantitative estimate of drug-likeness (QED) is 0.905. The fourth-order valence-electron chi connectivity index (χ4n) is 2.88. The number of hydrogen-bond donors (Lipinski definition) is 1. The van der Waals surface area contributed by atoms with Crippen LogP contribution in [0.5, 0.6) is 0 Å².